The molecule has 0 aliphatic rings. The lowest BCUT2D eigenvalue weighted by atomic mass is 10.1. The van der Waals surface area contributed by atoms with Crippen molar-refractivity contribution in [3.63, 3.8) is 0 Å². The van der Waals surface area contributed by atoms with E-state index in [1.807, 2.05) is 0 Å². The SMILES string of the molecule is CCCCCCCCCCCCS(=O)(=O)NS(=O)(=O)c1ccc(OCCOC(=O)C(OC(C)=O)C(=O)c2ccc(OC)cc2)cc1. The molecule has 2 aromatic carbocycles. The second-order valence-electron chi connectivity index (χ2n) is 10.7. The molecule has 1 unspecified atom stereocenters. The van der Waals surface area contributed by atoms with E-state index in [0.717, 1.165) is 26.2 Å². The third-order valence-corrected chi connectivity index (χ3v) is 10.5. The highest BCUT2D eigenvalue weighted by Gasteiger charge is 2.32. The number of hydrogen-bond acceptors (Lipinski definition) is 11. The Labute approximate surface area is 272 Å². The number of rotatable bonds is 23. The number of hydrogen-bond donors (Lipinski definition) is 1. The second kappa shape index (κ2) is 19.9. The van der Waals surface area contributed by atoms with Gasteiger partial charge in [0.25, 0.3) is 16.1 Å². The molecule has 0 fully saturated rings. The highest BCUT2D eigenvalue weighted by atomic mass is 32.3. The fourth-order valence-electron chi connectivity index (χ4n) is 4.41. The van der Waals surface area contributed by atoms with Gasteiger partial charge in [-0.15, -0.1) is 4.13 Å². The average molecular weight is 684 g/mol. The predicted octanol–water partition coefficient (Wildman–Crippen LogP) is 4.96. The molecular formula is C32H45NO11S2. The molecule has 0 heterocycles. The highest BCUT2D eigenvalue weighted by Crippen LogP contribution is 2.18. The molecule has 0 amide bonds. The Kier molecular flexibility index (Phi) is 16.7. The van der Waals surface area contributed by atoms with E-state index < -0.39 is 43.9 Å². The monoisotopic (exact) mass is 683 g/mol. The minimum atomic E-state index is -4.33. The summed E-state index contributed by atoms with van der Waals surface area (Å²) in [6.07, 6.45) is 8.45. The van der Waals surface area contributed by atoms with E-state index in [1.54, 1.807) is 4.13 Å². The van der Waals surface area contributed by atoms with Crippen LogP contribution in [0.2, 0.25) is 0 Å². The fraction of sp³-hybridized carbons (Fsp3) is 0.531. The molecule has 0 saturated heterocycles. The number of Topliss-reactive ketones (excluding diaryl/α,β-unsaturated/α-hetero) is 1. The third kappa shape index (κ3) is 14.3. The number of nitrogens with one attached hydrogen (secondary N) is 1. The molecule has 0 saturated carbocycles. The van der Waals surface area contributed by atoms with E-state index >= 15 is 0 Å². The summed E-state index contributed by atoms with van der Waals surface area (Å²) >= 11 is 0. The lowest BCUT2D eigenvalue weighted by Crippen LogP contribution is -2.36. The minimum Gasteiger partial charge on any atom is -0.497 e. The lowest BCUT2D eigenvalue weighted by Gasteiger charge is -2.15. The van der Waals surface area contributed by atoms with Crippen LogP contribution in [0, 0.1) is 0 Å². The Hall–Kier alpha value is -3.49. The molecule has 1 atom stereocenters. The number of unbranched alkanes of at least 4 members (excludes halogenated alkanes) is 9. The number of sulfonamides is 2. The number of carbonyl (C=O) groups excluding carboxylic acids is 3. The van der Waals surface area contributed by atoms with E-state index in [1.165, 1.54) is 87.7 Å². The first-order valence-electron chi connectivity index (χ1n) is 15.4. The van der Waals surface area contributed by atoms with Crippen LogP contribution in [0.5, 0.6) is 11.5 Å². The Morgan fingerprint density at radius 2 is 1.28 bits per heavy atom. The summed E-state index contributed by atoms with van der Waals surface area (Å²) in [4.78, 5) is 36.5. The van der Waals surface area contributed by atoms with Crippen molar-refractivity contribution in [2.75, 3.05) is 26.1 Å². The number of esters is 2. The van der Waals surface area contributed by atoms with Crippen molar-refractivity contribution in [1.82, 2.24) is 4.13 Å². The maximum atomic E-state index is 12.8. The van der Waals surface area contributed by atoms with Gasteiger partial charge in [0.2, 0.25) is 15.8 Å². The molecule has 256 valence electrons. The zero-order valence-corrected chi connectivity index (χ0v) is 28.3. The molecule has 14 heteroatoms. The van der Waals surface area contributed by atoms with Gasteiger partial charge in [-0.3, -0.25) is 9.59 Å². The predicted molar refractivity (Wildman–Crippen MR) is 172 cm³/mol. The van der Waals surface area contributed by atoms with Gasteiger partial charge < -0.3 is 18.9 Å². The van der Waals surface area contributed by atoms with Crippen LogP contribution in [0.25, 0.3) is 0 Å². The average Bonchev–Trinajstić information content (AvgIpc) is 3.02. The third-order valence-electron chi connectivity index (χ3n) is 6.84. The summed E-state index contributed by atoms with van der Waals surface area (Å²) in [6.45, 7) is 2.74. The maximum absolute atomic E-state index is 12.8. The molecular weight excluding hydrogens is 638 g/mol. The van der Waals surface area contributed by atoms with Crippen molar-refractivity contribution >= 4 is 37.8 Å². The number of carbonyl (C=O) groups is 3. The van der Waals surface area contributed by atoms with Crippen molar-refractivity contribution < 1.29 is 50.2 Å². The van der Waals surface area contributed by atoms with E-state index in [0.29, 0.717) is 18.6 Å². The molecule has 1 N–H and O–H groups in total. The molecule has 12 nitrogen and oxygen atoms in total. The van der Waals surface area contributed by atoms with Crippen LogP contribution in [-0.4, -0.2) is 66.7 Å². The first-order valence-corrected chi connectivity index (χ1v) is 18.5. The summed E-state index contributed by atoms with van der Waals surface area (Å²) in [5.74, 6) is -2.30. The Morgan fingerprint density at radius 3 is 1.83 bits per heavy atom. The maximum Gasteiger partial charge on any atom is 0.355 e. The summed E-state index contributed by atoms with van der Waals surface area (Å²) in [5, 5.41) is 0. The quantitative estimate of drug-likeness (QED) is 0.0727. The zero-order chi connectivity index (χ0) is 34.0. The van der Waals surface area contributed by atoms with Gasteiger partial charge in [-0.25, -0.2) is 21.6 Å². The Bertz CT molecular complexity index is 1460. The van der Waals surface area contributed by atoms with Gasteiger partial charge in [0.15, 0.2) is 0 Å². The highest BCUT2D eigenvalue weighted by molar-refractivity contribution is 8.04. The van der Waals surface area contributed by atoms with Crippen molar-refractivity contribution in [3.05, 3.63) is 54.1 Å². The van der Waals surface area contributed by atoms with Crippen LogP contribution in [-0.2, 0) is 39.1 Å². The van der Waals surface area contributed by atoms with Gasteiger partial charge >= 0.3 is 11.9 Å². The number of ketones is 1. The Morgan fingerprint density at radius 1 is 0.739 bits per heavy atom. The summed E-state index contributed by atoms with van der Waals surface area (Å²) < 4.78 is 72.3. The minimum absolute atomic E-state index is 0.108. The first kappa shape index (κ1) is 38.7. The van der Waals surface area contributed by atoms with E-state index in [4.69, 9.17) is 18.9 Å². The molecule has 2 rings (SSSR count). The summed E-state index contributed by atoms with van der Waals surface area (Å²) in [7, 11) is -6.93. The number of benzene rings is 2. The van der Waals surface area contributed by atoms with Gasteiger partial charge in [-0.05, 0) is 55.0 Å². The zero-order valence-electron chi connectivity index (χ0n) is 26.7. The molecule has 0 aliphatic heterocycles. The number of methoxy groups -OCH3 is 1. The molecule has 0 bridgehead atoms. The summed E-state index contributed by atoms with van der Waals surface area (Å²) in [6, 6.07) is 10.9. The fourth-order valence-corrected chi connectivity index (χ4v) is 7.54. The van der Waals surface area contributed by atoms with Crippen molar-refractivity contribution in [2.45, 2.75) is 89.1 Å². The molecule has 0 radical (unpaired) electrons. The van der Waals surface area contributed by atoms with Crippen LogP contribution >= 0.6 is 0 Å². The molecule has 0 aromatic heterocycles. The van der Waals surface area contributed by atoms with Crippen molar-refractivity contribution in [1.29, 1.82) is 0 Å². The number of ether oxygens (including phenoxy) is 4. The lowest BCUT2D eigenvalue weighted by molar-refractivity contribution is -0.163. The standard InChI is InChI=1S/C32H45NO11S2/c1-4-5-6-7-8-9-10-11-12-13-24-45(37,38)33-46(39,40)29-20-18-28(19-21-29)42-22-23-43-32(36)31(44-25(2)34)30(35)26-14-16-27(41-3)17-15-26/h14-21,31,33H,4-13,22-24H2,1-3H3. The topological polar surface area (TPSA) is 168 Å². The normalized spacial score (nSPS) is 12.2. The molecule has 46 heavy (non-hydrogen) atoms. The second-order valence-corrected chi connectivity index (χ2v) is 14.4. The molecule has 2 aromatic rings. The van der Waals surface area contributed by atoms with Crippen LogP contribution in [0.15, 0.2) is 53.4 Å². The van der Waals surface area contributed by atoms with Crippen LogP contribution in [0.3, 0.4) is 0 Å². The Balaban J connectivity index is 1.79. The van der Waals surface area contributed by atoms with Crippen molar-refractivity contribution in [3.8, 4) is 11.5 Å². The van der Waals surface area contributed by atoms with Gasteiger partial charge in [0.05, 0.1) is 17.8 Å². The van der Waals surface area contributed by atoms with Crippen LogP contribution < -0.4 is 13.6 Å². The van der Waals surface area contributed by atoms with Gasteiger partial charge in [0, 0.05) is 12.5 Å². The van der Waals surface area contributed by atoms with E-state index in [2.05, 4.69) is 6.92 Å². The van der Waals surface area contributed by atoms with Crippen LogP contribution in [0.4, 0.5) is 0 Å². The van der Waals surface area contributed by atoms with E-state index in [-0.39, 0.29) is 35.2 Å². The largest absolute Gasteiger partial charge is 0.497 e. The molecule has 0 aliphatic carbocycles. The first-order chi connectivity index (χ1) is 21.9. The van der Waals surface area contributed by atoms with Crippen LogP contribution in [0.1, 0.15) is 88.4 Å². The van der Waals surface area contributed by atoms with Gasteiger partial charge in [-0.1, -0.05) is 64.7 Å². The smallest absolute Gasteiger partial charge is 0.355 e. The van der Waals surface area contributed by atoms with E-state index in [9.17, 15) is 31.2 Å². The van der Waals surface area contributed by atoms with Crippen molar-refractivity contribution in [2.24, 2.45) is 0 Å². The van der Waals surface area contributed by atoms with Gasteiger partial charge in [-0.2, -0.15) is 0 Å². The van der Waals surface area contributed by atoms with Gasteiger partial charge in [0.1, 0.15) is 24.7 Å². The summed E-state index contributed by atoms with van der Waals surface area (Å²) in [5.41, 5.74) is 0.108. The molecule has 0 spiro atoms.